The van der Waals surface area contributed by atoms with Crippen molar-refractivity contribution in [1.82, 2.24) is 9.80 Å². The Hall–Kier alpha value is -1.63. The van der Waals surface area contributed by atoms with Gasteiger partial charge < -0.3 is 19.1 Å². The van der Waals surface area contributed by atoms with E-state index in [4.69, 9.17) is 14.2 Å². The van der Waals surface area contributed by atoms with Crippen molar-refractivity contribution in [2.24, 2.45) is 0 Å². The number of carbonyl (C=O) groups is 1. The normalized spacial score (nSPS) is 26.7. The van der Waals surface area contributed by atoms with Gasteiger partial charge in [0.05, 0.1) is 6.61 Å². The van der Waals surface area contributed by atoms with Crippen molar-refractivity contribution < 1.29 is 19.0 Å². The van der Waals surface area contributed by atoms with Crippen LogP contribution in [0.2, 0.25) is 0 Å². The lowest BCUT2D eigenvalue weighted by atomic mass is 10.1. The molecule has 3 atom stereocenters. The molecule has 1 aromatic carbocycles. The third-order valence-electron chi connectivity index (χ3n) is 5.36. The molecule has 0 saturated carbocycles. The number of nitrogens with zero attached hydrogens (tertiary/aromatic N) is 2. The Bertz CT molecular complexity index is 565. The first-order valence-electron chi connectivity index (χ1n) is 10.1. The SMILES string of the molecule is C[C@H]1CN(C(=O)OCc2ccccc2)C[C@H](C)N1CCOC1CCCCO1. The molecule has 0 spiro atoms. The zero-order chi connectivity index (χ0) is 19.1. The van der Waals surface area contributed by atoms with E-state index in [-0.39, 0.29) is 24.5 Å². The summed E-state index contributed by atoms with van der Waals surface area (Å²) in [5.41, 5.74) is 1.01. The molecular weight excluding hydrogens is 344 g/mol. The van der Waals surface area contributed by atoms with Crippen molar-refractivity contribution in [2.45, 2.75) is 58.1 Å². The van der Waals surface area contributed by atoms with E-state index in [1.165, 1.54) is 6.42 Å². The summed E-state index contributed by atoms with van der Waals surface area (Å²) in [4.78, 5) is 16.7. The summed E-state index contributed by atoms with van der Waals surface area (Å²) >= 11 is 0. The van der Waals surface area contributed by atoms with Crippen LogP contribution >= 0.6 is 0 Å². The molecule has 1 unspecified atom stereocenters. The molecule has 0 radical (unpaired) electrons. The van der Waals surface area contributed by atoms with Gasteiger partial charge in [-0.25, -0.2) is 4.79 Å². The van der Waals surface area contributed by atoms with Crippen LogP contribution in [0.4, 0.5) is 4.79 Å². The molecule has 6 nitrogen and oxygen atoms in total. The van der Waals surface area contributed by atoms with Gasteiger partial charge in [-0.05, 0) is 38.7 Å². The van der Waals surface area contributed by atoms with Crippen molar-refractivity contribution in [1.29, 1.82) is 0 Å². The van der Waals surface area contributed by atoms with E-state index >= 15 is 0 Å². The predicted molar refractivity (Wildman–Crippen MR) is 103 cm³/mol. The van der Waals surface area contributed by atoms with Gasteiger partial charge in [-0.2, -0.15) is 0 Å². The van der Waals surface area contributed by atoms with Gasteiger partial charge in [0.25, 0.3) is 0 Å². The lowest BCUT2D eigenvalue weighted by molar-refractivity contribution is -0.166. The average molecular weight is 376 g/mol. The van der Waals surface area contributed by atoms with Crippen LogP contribution < -0.4 is 0 Å². The maximum Gasteiger partial charge on any atom is 0.410 e. The smallest absolute Gasteiger partial charge is 0.410 e. The fourth-order valence-corrected chi connectivity index (χ4v) is 3.89. The first kappa shape index (κ1) is 20.1. The molecule has 2 saturated heterocycles. The first-order chi connectivity index (χ1) is 13.1. The van der Waals surface area contributed by atoms with Crippen molar-refractivity contribution in [3.05, 3.63) is 35.9 Å². The summed E-state index contributed by atoms with van der Waals surface area (Å²) < 4.78 is 17.0. The Morgan fingerprint density at radius 3 is 2.56 bits per heavy atom. The lowest BCUT2D eigenvalue weighted by Crippen LogP contribution is -2.58. The summed E-state index contributed by atoms with van der Waals surface area (Å²) in [7, 11) is 0. The number of ether oxygens (including phenoxy) is 3. The number of piperazine rings is 1. The molecule has 1 aromatic rings. The van der Waals surface area contributed by atoms with Crippen LogP contribution in [0.5, 0.6) is 0 Å². The van der Waals surface area contributed by atoms with E-state index in [2.05, 4.69) is 18.7 Å². The van der Waals surface area contributed by atoms with Crippen molar-refractivity contribution in [3.63, 3.8) is 0 Å². The Labute approximate surface area is 162 Å². The highest BCUT2D eigenvalue weighted by Gasteiger charge is 2.32. The van der Waals surface area contributed by atoms with Gasteiger partial charge >= 0.3 is 6.09 Å². The van der Waals surface area contributed by atoms with Crippen molar-refractivity contribution in [2.75, 3.05) is 32.8 Å². The van der Waals surface area contributed by atoms with E-state index in [1.54, 1.807) is 0 Å². The fourth-order valence-electron chi connectivity index (χ4n) is 3.89. The van der Waals surface area contributed by atoms with Crippen LogP contribution in [0.25, 0.3) is 0 Å². The zero-order valence-electron chi connectivity index (χ0n) is 16.5. The summed E-state index contributed by atoms with van der Waals surface area (Å²) in [5.74, 6) is 0. The first-order valence-corrected chi connectivity index (χ1v) is 10.1. The molecule has 1 amide bonds. The van der Waals surface area contributed by atoms with E-state index in [1.807, 2.05) is 35.2 Å². The van der Waals surface area contributed by atoms with E-state index in [0.29, 0.717) is 26.3 Å². The summed E-state index contributed by atoms with van der Waals surface area (Å²) in [6.45, 7) is 8.32. The highest BCUT2D eigenvalue weighted by Crippen LogP contribution is 2.18. The maximum absolute atomic E-state index is 12.4. The Kier molecular flexibility index (Phi) is 7.50. The second kappa shape index (κ2) is 10.1. The molecule has 2 aliphatic heterocycles. The lowest BCUT2D eigenvalue weighted by Gasteiger charge is -2.44. The van der Waals surface area contributed by atoms with Gasteiger partial charge in [0.1, 0.15) is 6.61 Å². The van der Waals surface area contributed by atoms with Gasteiger partial charge in [-0.15, -0.1) is 0 Å². The average Bonchev–Trinajstić information content (AvgIpc) is 2.69. The third kappa shape index (κ3) is 5.92. The molecule has 0 bridgehead atoms. The van der Waals surface area contributed by atoms with Gasteiger partial charge in [0.15, 0.2) is 6.29 Å². The quantitative estimate of drug-likeness (QED) is 0.763. The minimum absolute atomic E-state index is 0.0429. The van der Waals surface area contributed by atoms with Gasteiger partial charge in [0, 0.05) is 38.3 Å². The molecule has 3 rings (SSSR count). The molecule has 0 N–H and O–H groups in total. The number of carbonyl (C=O) groups excluding carboxylic acids is 1. The van der Waals surface area contributed by atoms with Gasteiger partial charge in [0.2, 0.25) is 0 Å². The second-order valence-electron chi connectivity index (χ2n) is 7.55. The Morgan fingerprint density at radius 2 is 1.89 bits per heavy atom. The largest absolute Gasteiger partial charge is 0.445 e. The standard InChI is InChI=1S/C21H32N2O4/c1-17-14-22(21(24)27-16-19-8-4-3-5-9-19)15-18(2)23(17)11-13-26-20-10-6-7-12-25-20/h3-5,8-9,17-18,20H,6-7,10-16H2,1-2H3/t17-,18-,20?/m0/s1. The van der Waals surface area contributed by atoms with E-state index < -0.39 is 0 Å². The molecule has 2 aliphatic rings. The van der Waals surface area contributed by atoms with Crippen LogP contribution in [0.1, 0.15) is 38.7 Å². The molecule has 2 heterocycles. The molecule has 150 valence electrons. The minimum atomic E-state index is -0.232. The Balaban J connectivity index is 1.41. The molecule has 6 heteroatoms. The Morgan fingerprint density at radius 1 is 1.15 bits per heavy atom. The molecule has 2 fully saturated rings. The van der Waals surface area contributed by atoms with Crippen LogP contribution in [0.15, 0.2) is 30.3 Å². The monoisotopic (exact) mass is 376 g/mol. The summed E-state index contributed by atoms with van der Waals surface area (Å²) in [6, 6.07) is 10.3. The predicted octanol–water partition coefficient (Wildman–Crippen LogP) is 3.26. The molecular formula is C21H32N2O4. The second-order valence-corrected chi connectivity index (χ2v) is 7.55. The number of hydrogen-bond donors (Lipinski definition) is 0. The van der Waals surface area contributed by atoms with Crippen LogP contribution in [-0.4, -0.2) is 67.1 Å². The van der Waals surface area contributed by atoms with Gasteiger partial charge in [-0.3, -0.25) is 4.90 Å². The number of benzene rings is 1. The van der Waals surface area contributed by atoms with E-state index in [0.717, 1.165) is 31.6 Å². The topological polar surface area (TPSA) is 51.2 Å². The molecule has 0 aliphatic carbocycles. The fraction of sp³-hybridized carbons (Fsp3) is 0.667. The van der Waals surface area contributed by atoms with Crippen molar-refractivity contribution in [3.8, 4) is 0 Å². The maximum atomic E-state index is 12.4. The molecule has 27 heavy (non-hydrogen) atoms. The van der Waals surface area contributed by atoms with Gasteiger partial charge in [-0.1, -0.05) is 30.3 Å². The number of amides is 1. The highest BCUT2D eigenvalue weighted by atomic mass is 16.7. The van der Waals surface area contributed by atoms with Crippen LogP contribution in [0, 0.1) is 0 Å². The van der Waals surface area contributed by atoms with E-state index in [9.17, 15) is 4.79 Å². The summed E-state index contributed by atoms with van der Waals surface area (Å²) in [6.07, 6.45) is 3.03. The van der Waals surface area contributed by atoms with Crippen LogP contribution in [0.3, 0.4) is 0 Å². The molecule has 0 aromatic heterocycles. The number of hydrogen-bond acceptors (Lipinski definition) is 5. The zero-order valence-corrected chi connectivity index (χ0v) is 16.5. The summed E-state index contributed by atoms with van der Waals surface area (Å²) in [5, 5.41) is 0. The highest BCUT2D eigenvalue weighted by molar-refractivity contribution is 5.68. The van der Waals surface area contributed by atoms with Crippen LogP contribution in [-0.2, 0) is 20.8 Å². The third-order valence-corrected chi connectivity index (χ3v) is 5.36. The minimum Gasteiger partial charge on any atom is -0.445 e. The van der Waals surface area contributed by atoms with Crippen molar-refractivity contribution >= 4 is 6.09 Å². The number of rotatable bonds is 6.